The van der Waals surface area contributed by atoms with E-state index in [2.05, 4.69) is 5.32 Å². The van der Waals surface area contributed by atoms with Gasteiger partial charge in [-0.1, -0.05) is 0 Å². The first-order valence-corrected chi connectivity index (χ1v) is 12.1. The van der Waals surface area contributed by atoms with Crippen molar-refractivity contribution in [2.75, 3.05) is 26.2 Å². The summed E-state index contributed by atoms with van der Waals surface area (Å²) in [7, 11) is 0. The minimum Gasteiger partial charge on any atom is -0.493 e. The van der Waals surface area contributed by atoms with E-state index in [1.54, 1.807) is 6.07 Å². The number of carbonyl (C=O) groups is 1. The zero-order chi connectivity index (χ0) is 23.8. The normalized spacial score (nSPS) is 24.5. The molecule has 1 aliphatic heterocycles. The Hall–Kier alpha value is -1.83. The molecule has 0 spiro atoms. The summed E-state index contributed by atoms with van der Waals surface area (Å²) in [4.78, 5) is 14.0. The molecule has 33 heavy (non-hydrogen) atoms. The predicted octanol–water partition coefficient (Wildman–Crippen LogP) is 5.42. The van der Waals surface area contributed by atoms with Gasteiger partial charge in [0.2, 0.25) is 0 Å². The van der Waals surface area contributed by atoms with Gasteiger partial charge in [0.15, 0.2) is 0 Å². The summed E-state index contributed by atoms with van der Waals surface area (Å²) in [6.07, 6.45) is 1.64. The molecule has 3 fully saturated rings. The summed E-state index contributed by atoms with van der Waals surface area (Å²) in [5.74, 6) is 1.24. The predicted molar refractivity (Wildman–Crippen MR) is 118 cm³/mol. The number of carbonyl (C=O) groups excluding carboxylic acids is 1. The van der Waals surface area contributed by atoms with Crippen LogP contribution in [0.25, 0.3) is 0 Å². The topological polar surface area (TPSA) is 41.6 Å². The number of ether oxygens (including phenoxy) is 1. The lowest BCUT2D eigenvalue weighted by Gasteiger charge is -2.38. The minimum atomic E-state index is -4.18. The zero-order valence-corrected chi connectivity index (χ0v) is 19.4. The highest BCUT2D eigenvalue weighted by atomic mass is 19.4. The molecule has 1 heterocycles. The monoisotopic (exact) mass is 470 g/mol. The number of piperidine rings is 1. The molecule has 184 valence electrons. The van der Waals surface area contributed by atoms with Gasteiger partial charge in [0.1, 0.15) is 11.6 Å². The summed E-state index contributed by atoms with van der Waals surface area (Å²) in [6.45, 7) is 4.56. The molecular formula is C25H34F4N2O2. The van der Waals surface area contributed by atoms with Crippen LogP contribution in [0.3, 0.4) is 0 Å². The highest BCUT2D eigenvalue weighted by molar-refractivity contribution is 5.95. The van der Waals surface area contributed by atoms with Crippen molar-refractivity contribution in [2.24, 2.45) is 23.2 Å². The van der Waals surface area contributed by atoms with Crippen molar-refractivity contribution in [3.05, 3.63) is 29.6 Å². The molecule has 1 aromatic carbocycles. The van der Waals surface area contributed by atoms with Crippen LogP contribution in [0.15, 0.2) is 18.2 Å². The second-order valence-electron chi connectivity index (χ2n) is 10.7. The van der Waals surface area contributed by atoms with Gasteiger partial charge >= 0.3 is 6.18 Å². The molecule has 1 saturated heterocycles. The number of rotatable bonds is 9. The molecule has 4 rings (SSSR count). The lowest BCUT2D eigenvalue weighted by molar-refractivity contribution is -0.217. The number of nitrogens with zero attached hydrogens (tertiary/aromatic N) is 1. The summed E-state index contributed by atoms with van der Waals surface area (Å²) < 4.78 is 59.4. The van der Waals surface area contributed by atoms with Crippen molar-refractivity contribution in [3.8, 4) is 5.75 Å². The first kappa shape index (κ1) is 24.3. The number of halogens is 4. The van der Waals surface area contributed by atoms with E-state index in [0.29, 0.717) is 30.1 Å². The fraction of sp³-hybridized carbons (Fsp3) is 0.720. The second kappa shape index (κ2) is 9.43. The van der Waals surface area contributed by atoms with E-state index in [1.165, 1.54) is 26.0 Å². The van der Waals surface area contributed by atoms with Gasteiger partial charge in [0, 0.05) is 18.7 Å². The van der Waals surface area contributed by atoms with Gasteiger partial charge in [-0.15, -0.1) is 0 Å². The van der Waals surface area contributed by atoms with Gasteiger partial charge in [-0.2, -0.15) is 13.2 Å². The second-order valence-corrected chi connectivity index (χ2v) is 10.7. The van der Waals surface area contributed by atoms with Crippen LogP contribution in [0, 0.1) is 29.0 Å². The van der Waals surface area contributed by atoms with E-state index in [1.807, 2.05) is 4.90 Å². The molecule has 3 aliphatic rings. The molecule has 1 N–H and O–H groups in total. The number of nitrogens with one attached hydrogen (secondary N) is 1. The Morgan fingerprint density at radius 3 is 2.45 bits per heavy atom. The van der Waals surface area contributed by atoms with Crippen molar-refractivity contribution in [1.82, 2.24) is 10.2 Å². The molecule has 2 atom stereocenters. The van der Waals surface area contributed by atoms with Crippen molar-refractivity contribution in [1.29, 1.82) is 0 Å². The first-order chi connectivity index (χ1) is 15.5. The van der Waals surface area contributed by atoms with Crippen molar-refractivity contribution >= 4 is 5.91 Å². The lowest BCUT2D eigenvalue weighted by Crippen LogP contribution is -2.46. The summed E-state index contributed by atoms with van der Waals surface area (Å²) in [6, 6.07) is 4.55. The Balaban J connectivity index is 1.15. The van der Waals surface area contributed by atoms with Crippen LogP contribution in [0.2, 0.25) is 0 Å². The molecule has 0 bridgehead atoms. The number of benzene rings is 1. The van der Waals surface area contributed by atoms with Crippen molar-refractivity contribution in [2.45, 2.75) is 64.6 Å². The van der Waals surface area contributed by atoms with Gasteiger partial charge in [0.25, 0.3) is 5.91 Å². The maximum Gasteiger partial charge on any atom is 0.395 e. The van der Waals surface area contributed by atoms with Gasteiger partial charge in [-0.3, -0.25) is 4.79 Å². The standard InChI is InChI=1S/C25H34F4N2O2/c1-24(2,25(27,28)29)15-31-10-7-16(8-11-31)21-13-17(21)9-12-33-19-5-6-20(22(26)14-19)23(32)30-18-3-4-18/h5-6,14,16-18,21H,3-4,7-13,15H2,1-2H3,(H,30,32). The minimum absolute atomic E-state index is 0.0430. The van der Waals surface area contributed by atoms with E-state index in [9.17, 15) is 22.4 Å². The fourth-order valence-electron chi connectivity index (χ4n) is 4.96. The quantitative estimate of drug-likeness (QED) is 0.490. The lowest BCUT2D eigenvalue weighted by atomic mass is 9.87. The third-order valence-electron chi connectivity index (χ3n) is 7.46. The maximum atomic E-state index is 14.3. The van der Waals surface area contributed by atoms with Gasteiger partial charge < -0.3 is 15.0 Å². The van der Waals surface area contributed by atoms with Gasteiger partial charge in [0.05, 0.1) is 17.6 Å². The molecule has 1 amide bonds. The largest absolute Gasteiger partial charge is 0.493 e. The Kier molecular flexibility index (Phi) is 6.95. The molecule has 8 heteroatoms. The SMILES string of the molecule is CC(C)(CN1CCC(C2CC2CCOc2ccc(C(=O)NC3CC3)c(F)c2)CC1)C(F)(F)F. The highest BCUT2D eigenvalue weighted by Gasteiger charge is 2.49. The smallest absolute Gasteiger partial charge is 0.395 e. The molecule has 2 unspecified atom stereocenters. The molecule has 2 aliphatic carbocycles. The Morgan fingerprint density at radius 2 is 1.85 bits per heavy atom. The molecule has 2 saturated carbocycles. The first-order valence-electron chi connectivity index (χ1n) is 12.1. The summed E-state index contributed by atoms with van der Waals surface area (Å²) in [5, 5.41) is 2.78. The number of likely N-dealkylation sites (tertiary alicyclic amines) is 1. The van der Waals surface area contributed by atoms with Crippen LogP contribution in [-0.2, 0) is 0 Å². The van der Waals surface area contributed by atoms with Crippen LogP contribution in [0.4, 0.5) is 17.6 Å². The van der Waals surface area contributed by atoms with Gasteiger partial charge in [-0.25, -0.2) is 4.39 Å². The molecule has 0 radical (unpaired) electrons. The maximum absolute atomic E-state index is 14.3. The third-order valence-corrected chi connectivity index (χ3v) is 7.46. The van der Waals surface area contributed by atoms with Gasteiger partial charge in [-0.05, 0) is 95.3 Å². The molecule has 1 aromatic rings. The van der Waals surface area contributed by atoms with Crippen LogP contribution < -0.4 is 10.1 Å². The molecule has 0 aromatic heterocycles. The average Bonchev–Trinajstić information content (AvgIpc) is 3.64. The number of hydrogen-bond acceptors (Lipinski definition) is 3. The van der Waals surface area contributed by atoms with E-state index in [4.69, 9.17) is 4.74 Å². The summed E-state index contributed by atoms with van der Waals surface area (Å²) in [5.41, 5.74) is -1.64. The summed E-state index contributed by atoms with van der Waals surface area (Å²) >= 11 is 0. The fourth-order valence-corrected chi connectivity index (χ4v) is 4.96. The highest BCUT2D eigenvalue weighted by Crippen LogP contribution is 2.50. The Labute approximate surface area is 193 Å². The zero-order valence-electron chi connectivity index (χ0n) is 19.4. The van der Waals surface area contributed by atoms with Crippen LogP contribution in [0.1, 0.15) is 62.7 Å². The van der Waals surface area contributed by atoms with E-state index in [0.717, 1.165) is 51.6 Å². The Bertz CT molecular complexity index is 845. The average molecular weight is 471 g/mol. The number of amides is 1. The van der Waals surface area contributed by atoms with Crippen molar-refractivity contribution < 1.29 is 27.1 Å². The Morgan fingerprint density at radius 1 is 1.15 bits per heavy atom. The van der Waals surface area contributed by atoms with E-state index < -0.39 is 17.4 Å². The number of hydrogen-bond donors (Lipinski definition) is 1. The van der Waals surface area contributed by atoms with Crippen LogP contribution in [-0.4, -0.2) is 49.3 Å². The number of alkyl halides is 3. The van der Waals surface area contributed by atoms with Crippen molar-refractivity contribution in [3.63, 3.8) is 0 Å². The molecule has 4 nitrogen and oxygen atoms in total. The third kappa shape index (κ3) is 6.19. The van der Waals surface area contributed by atoms with E-state index in [-0.39, 0.29) is 24.1 Å². The van der Waals surface area contributed by atoms with Crippen LogP contribution in [0.5, 0.6) is 5.75 Å². The van der Waals surface area contributed by atoms with Crippen LogP contribution >= 0.6 is 0 Å². The van der Waals surface area contributed by atoms with E-state index >= 15 is 0 Å². The molecular weight excluding hydrogens is 436 g/mol.